The van der Waals surface area contributed by atoms with Crippen LogP contribution in [0.4, 0.5) is 4.39 Å². The average molecular weight is 249 g/mol. The van der Waals surface area contributed by atoms with E-state index < -0.39 is 11.8 Å². The summed E-state index contributed by atoms with van der Waals surface area (Å²) < 4.78 is 18.6. The van der Waals surface area contributed by atoms with Gasteiger partial charge >= 0.3 is 5.97 Å². The number of nitrogens with zero attached hydrogens (tertiary/aromatic N) is 1. The third-order valence-electron chi connectivity index (χ3n) is 2.69. The molecule has 1 aromatic heterocycles. The topological polar surface area (TPSA) is 63.3 Å². The van der Waals surface area contributed by atoms with Crippen LogP contribution >= 0.6 is 0 Å². The molecule has 18 heavy (non-hydrogen) atoms. The lowest BCUT2D eigenvalue weighted by Crippen LogP contribution is -1.98. The first-order valence-electron chi connectivity index (χ1n) is 5.52. The van der Waals surface area contributed by atoms with Crippen molar-refractivity contribution in [3.8, 4) is 11.1 Å². The zero-order valence-electron chi connectivity index (χ0n) is 10.0. The van der Waals surface area contributed by atoms with Crippen molar-refractivity contribution in [2.75, 3.05) is 0 Å². The molecule has 1 aromatic carbocycles. The molecule has 4 nitrogen and oxygen atoms in total. The van der Waals surface area contributed by atoms with Crippen molar-refractivity contribution in [3.05, 3.63) is 41.0 Å². The average Bonchev–Trinajstić information content (AvgIpc) is 2.69. The first-order chi connectivity index (χ1) is 8.52. The third-order valence-corrected chi connectivity index (χ3v) is 2.69. The van der Waals surface area contributed by atoms with E-state index in [1.807, 2.05) is 6.92 Å². The van der Waals surface area contributed by atoms with Crippen LogP contribution in [0.3, 0.4) is 0 Å². The Labute approximate surface area is 103 Å². The van der Waals surface area contributed by atoms with Crippen molar-refractivity contribution < 1.29 is 18.8 Å². The van der Waals surface area contributed by atoms with Gasteiger partial charge in [0, 0.05) is 12.0 Å². The van der Waals surface area contributed by atoms with E-state index in [0.29, 0.717) is 29.0 Å². The van der Waals surface area contributed by atoms with Gasteiger partial charge in [0.15, 0.2) is 0 Å². The van der Waals surface area contributed by atoms with Crippen LogP contribution in [-0.2, 0) is 6.42 Å². The molecule has 0 bridgehead atoms. The zero-order chi connectivity index (χ0) is 13.3. The van der Waals surface area contributed by atoms with Crippen LogP contribution in [0, 0.1) is 12.7 Å². The number of carboxylic acids is 1. The lowest BCUT2D eigenvalue weighted by molar-refractivity contribution is 0.0696. The maximum Gasteiger partial charge on any atom is 0.335 e. The summed E-state index contributed by atoms with van der Waals surface area (Å²) in [5, 5.41) is 12.7. The van der Waals surface area contributed by atoms with E-state index in [0.717, 1.165) is 6.07 Å². The Morgan fingerprint density at radius 2 is 2.17 bits per heavy atom. The van der Waals surface area contributed by atoms with Crippen molar-refractivity contribution in [1.82, 2.24) is 5.16 Å². The summed E-state index contributed by atoms with van der Waals surface area (Å²) in [6.07, 6.45) is 0.606. The van der Waals surface area contributed by atoms with Gasteiger partial charge in [0.25, 0.3) is 0 Å². The molecule has 1 N–H and O–H groups in total. The smallest absolute Gasteiger partial charge is 0.335 e. The largest absolute Gasteiger partial charge is 0.478 e. The van der Waals surface area contributed by atoms with Gasteiger partial charge in [-0.3, -0.25) is 0 Å². The van der Waals surface area contributed by atoms with Gasteiger partial charge in [-0.05, 0) is 30.7 Å². The number of carboxylic acid groups (broad SMARTS) is 1. The van der Waals surface area contributed by atoms with Gasteiger partial charge in [0.05, 0.1) is 11.3 Å². The van der Waals surface area contributed by atoms with Gasteiger partial charge in [-0.2, -0.15) is 0 Å². The fourth-order valence-corrected chi connectivity index (χ4v) is 1.89. The highest BCUT2D eigenvalue weighted by atomic mass is 19.1. The number of hydrogen-bond acceptors (Lipinski definition) is 3. The summed E-state index contributed by atoms with van der Waals surface area (Å²) >= 11 is 0. The van der Waals surface area contributed by atoms with Crippen LogP contribution < -0.4 is 0 Å². The molecule has 2 rings (SSSR count). The van der Waals surface area contributed by atoms with Crippen LogP contribution in [0.1, 0.15) is 28.7 Å². The number of aromatic nitrogens is 1. The first-order valence-corrected chi connectivity index (χ1v) is 5.52. The standard InChI is InChI=1S/C13H12FNO3/c1-3-11-12(7(2)15-18-11)8-4-9(13(16)17)6-10(14)5-8/h4-6H,3H2,1-2H3,(H,16,17). The number of aryl methyl sites for hydroxylation is 2. The molecule has 0 aliphatic heterocycles. The minimum atomic E-state index is -1.16. The number of aromatic carboxylic acids is 1. The van der Waals surface area contributed by atoms with Crippen molar-refractivity contribution in [1.29, 1.82) is 0 Å². The Morgan fingerprint density at radius 3 is 2.78 bits per heavy atom. The molecule has 0 fully saturated rings. The van der Waals surface area contributed by atoms with Gasteiger partial charge in [-0.1, -0.05) is 12.1 Å². The summed E-state index contributed by atoms with van der Waals surface area (Å²) in [5.74, 6) is -1.13. The molecular formula is C13H12FNO3. The molecular weight excluding hydrogens is 237 g/mol. The summed E-state index contributed by atoms with van der Waals surface area (Å²) in [7, 11) is 0. The molecule has 94 valence electrons. The lowest BCUT2D eigenvalue weighted by Gasteiger charge is -2.04. The van der Waals surface area contributed by atoms with Crippen molar-refractivity contribution in [2.24, 2.45) is 0 Å². The molecule has 0 unspecified atom stereocenters. The van der Waals surface area contributed by atoms with Gasteiger partial charge in [0.1, 0.15) is 11.6 Å². The van der Waals surface area contributed by atoms with Crippen LogP contribution in [0.5, 0.6) is 0 Å². The minimum Gasteiger partial charge on any atom is -0.478 e. The predicted molar refractivity (Wildman–Crippen MR) is 63.0 cm³/mol. The highest BCUT2D eigenvalue weighted by molar-refractivity contribution is 5.89. The summed E-state index contributed by atoms with van der Waals surface area (Å²) in [6, 6.07) is 3.69. The fourth-order valence-electron chi connectivity index (χ4n) is 1.89. The van der Waals surface area contributed by atoms with E-state index in [-0.39, 0.29) is 5.56 Å². The molecule has 0 atom stereocenters. The van der Waals surface area contributed by atoms with Crippen molar-refractivity contribution in [3.63, 3.8) is 0 Å². The Kier molecular flexibility index (Phi) is 3.14. The lowest BCUT2D eigenvalue weighted by atomic mass is 10.0. The van der Waals surface area contributed by atoms with E-state index in [9.17, 15) is 9.18 Å². The molecule has 0 spiro atoms. The second-order valence-electron chi connectivity index (χ2n) is 3.95. The SMILES string of the molecule is CCc1onc(C)c1-c1cc(F)cc(C(=O)O)c1. The van der Waals surface area contributed by atoms with Crippen molar-refractivity contribution in [2.45, 2.75) is 20.3 Å². The molecule has 1 heterocycles. The molecule has 0 aliphatic carbocycles. The van der Waals surface area contributed by atoms with Gasteiger partial charge in [-0.25, -0.2) is 9.18 Å². The number of carbonyl (C=O) groups is 1. The molecule has 0 saturated heterocycles. The number of hydrogen-bond donors (Lipinski definition) is 1. The van der Waals surface area contributed by atoms with E-state index >= 15 is 0 Å². The summed E-state index contributed by atoms with van der Waals surface area (Å²) in [6.45, 7) is 3.63. The maximum absolute atomic E-state index is 13.4. The highest BCUT2D eigenvalue weighted by Crippen LogP contribution is 2.29. The minimum absolute atomic E-state index is 0.0901. The van der Waals surface area contributed by atoms with Gasteiger partial charge < -0.3 is 9.63 Å². The second kappa shape index (κ2) is 4.60. The third kappa shape index (κ3) is 2.11. The van der Waals surface area contributed by atoms with E-state index in [1.54, 1.807) is 6.92 Å². The molecule has 0 amide bonds. The molecule has 0 aliphatic rings. The van der Waals surface area contributed by atoms with Crippen LogP contribution in [-0.4, -0.2) is 16.2 Å². The Bertz CT molecular complexity index is 604. The zero-order valence-corrected chi connectivity index (χ0v) is 10.0. The normalized spacial score (nSPS) is 10.6. The monoisotopic (exact) mass is 249 g/mol. The molecule has 0 radical (unpaired) electrons. The Morgan fingerprint density at radius 1 is 1.44 bits per heavy atom. The van der Waals surface area contributed by atoms with Crippen molar-refractivity contribution >= 4 is 5.97 Å². The van der Waals surface area contributed by atoms with E-state index in [4.69, 9.17) is 9.63 Å². The van der Waals surface area contributed by atoms with E-state index in [1.165, 1.54) is 12.1 Å². The van der Waals surface area contributed by atoms with Crippen LogP contribution in [0.25, 0.3) is 11.1 Å². The van der Waals surface area contributed by atoms with Gasteiger partial charge in [0.2, 0.25) is 0 Å². The number of rotatable bonds is 3. The first kappa shape index (κ1) is 12.3. The van der Waals surface area contributed by atoms with E-state index in [2.05, 4.69) is 5.16 Å². The highest BCUT2D eigenvalue weighted by Gasteiger charge is 2.16. The summed E-state index contributed by atoms with van der Waals surface area (Å²) in [4.78, 5) is 10.9. The second-order valence-corrected chi connectivity index (χ2v) is 3.95. The van der Waals surface area contributed by atoms with Gasteiger partial charge in [-0.15, -0.1) is 0 Å². The summed E-state index contributed by atoms with van der Waals surface area (Å²) in [5.41, 5.74) is 1.67. The quantitative estimate of drug-likeness (QED) is 0.908. The molecule has 5 heteroatoms. The number of halogens is 1. The maximum atomic E-state index is 13.4. The Balaban J connectivity index is 2.63. The molecule has 2 aromatic rings. The fraction of sp³-hybridized carbons (Fsp3) is 0.231. The predicted octanol–water partition coefficient (Wildman–Crippen LogP) is 3.05. The number of benzene rings is 1. The van der Waals surface area contributed by atoms with Crippen LogP contribution in [0.2, 0.25) is 0 Å². The molecule has 0 saturated carbocycles. The Hall–Kier alpha value is -2.17. The van der Waals surface area contributed by atoms with Crippen LogP contribution in [0.15, 0.2) is 22.7 Å².